The van der Waals surface area contributed by atoms with E-state index in [1.807, 2.05) is 0 Å². The fourth-order valence-corrected chi connectivity index (χ4v) is 3.92. The molecule has 1 fully saturated rings. The zero-order valence-electron chi connectivity index (χ0n) is 18.1. The van der Waals surface area contributed by atoms with Crippen molar-refractivity contribution in [3.05, 3.63) is 83.1 Å². The van der Waals surface area contributed by atoms with Crippen LogP contribution in [-0.2, 0) is 0 Å². The van der Waals surface area contributed by atoms with Gasteiger partial charge in [0.15, 0.2) is 11.6 Å². The highest BCUT2D eigenvalue weighted by Gasteiger charge is 2.23. The molecule has 1 amide bonds. The van der Waals surface area contributed by atoms with E-state index in [1.54, 1.807) is 42.7 Å². The Kier molecular flexibility index (Phi) is 7.64. The van der Waals surface area contributed by atoms with Crippen molar-refractivity contribution < 1.29 is 13.6 Å². The lowest BCUT2D eigenvalue weighted by molar-refractivity contribution is 0.100. The van der Waals surface area contributed by atoms with E-state index in [-0.39, 0.29) is 23.6 Å². The van der Waals surface area contributed by atoms with Crippen LogP contribution in [0.3, 0.4) is 0 Å². The number of benzene rings is 2. The quantitative estimate of drug-likeness (QED) is 0.347. The molecule has 3 N–H and O–H groups in total. The average Bonchev–Trinajstić information content (AvgIpc) is 2.83. The Labute approximate surface area is 200 Å². The molecule has 10 heteroatoms. The molecule has 1 aromatic heterocycles. The highest BCUT2D eigenvalue weighted by molar-refractivity contribution is 6.30. The SMILES string of the molecule is O=C(/N=C(/Nc1cccc(Cl)c1)N[C@H]1CC[C@H](Nc2ncccn2)CC1)c1ccc(F)c(F)c1. The molecule has 0 unspecified atom stereocenters. The van der Waals surface area contributed by atoms with Crippen molar-refractivity contribution in [2.45, 2.75) is 37.8 Å². The number of carbonyl (C=O) groups excluding carboxylic acids is 1. The summed E-state index contributed by atoms with van der Waals surface area (Å²) in [5.41, 5.74) is 0.579. The second-order valence-electron chi connectivity index (χ2n) is 7.94. The van der Waals surface area contributed by atoms with E-state index >= 15 is 0 Å². The van der Waals surface area contributed by atoms with Gasteiger partial charge in [-0.05, 0) is 68.1 Å². The van der Waals surface area contributed by atoms with Gasteiger partial charge in [0.05, 0.1) is 0 Å². The first-order valence-corrected chi connectivity index (χ1v) is 11.2. The second kappa shape index (κ2) is 11.0. The molecule has 0 saturated heterocycles. The standard InChI is InChI=1S/C24H23ClF2N6O/c25-16-3-1-4-19(14-16)32-24(33-22(34)15-5-10-20(26)21(27)13-15)31-18-8-6-17(7-9-18)30-23-28-11-2-12-29-23/h1-5,10-14,17-18H,6-9H2,(H,28,29,30)(H2,31,32,33,34)/t17-,18-. The van der Waals surface area contributed by atoms with Gasteiger partial charge < -0.3 is 16.0 Å². The molecular weight excluding hydrogens is 462 g/mol. The van der Waals surface area contributed by atoms with Gasteiger partial charge >= 0.3 is 0 Å². The van der Waals surface area contributed by atoms with E-state index in [9.17, 15) is 13.6 Å². The zero-order valence-corrected chi connectivity index (χ0v) is 18.9. The largest absolute Gasteiger partial charge is 0.353 e. The predicted molar refractivity (Wildman–Crippen MR) is 128 cm³/mol. The molecule has 7 nitrogen and oxygen atoms in total. The predicted octanol–water partition coefficient (Wildman–Crippen LogP) is 5.03. The van der Waals surface area contributed by atoms with E-state index in [1.165, 1.54) is 6.07 Å². The summed E-state index contributed by atoms with van der Waals surface area (Å²) in [7, 11) is 0. The first kappa shape index (κ1) is 23.6. The van der Waals surface area contributed by atoms with Crippen molar-refractivity contribution in [1.29, 1.82) is 0 Å². The molecule has 176 valence electrons. The van der Waals surface area contributed by atoms with Gasteiger partial charge in [-0.15, -0.1) is 0 Å². The Morgan fingerprint density at radius 3 is 2.38 bits per heavy atom. The number of carbonyl (C=O) groups is 1. The monoisotopic (exact) mass is 484 g/mol. The summed E-state index contributed by atoms with van der Waals surface area (Å²) < 4.78 is 26.9. The molecule has 34 heavy (non-hydrogen) atoms. The summed E-state index contributed by atoms with van der Waals surface area (Å²) in [6.07, 6.45) is 6.77. The summed E-state index contributed by atoms with van der Waals surface area (Å²) in [4.78, 5) is 25.2. The van der Waals surface area contributed by atoms with Crippen LogP contribution in [0, 0.1) is 11.6 Å². The highest BCUT2D eigenvalue weighted by Crippen LogP contribution is 2.22. The van der Waals surface area contributed by atoms with Crippen LogP contribution in [0.5, 0.6) is 0 Å². The van der Waals surface area contributed by atoms with E-state index in [0.717, 1.165) is 37.8 Å². The Morgan fingerprint density at radius 2 is 1.68 bits per heavy atom. The van der Waals surface area contributed by atoms with E-state index in [4.69, 9.17) is 11.6 Å². The Hall–Kier alpha value is -3.59. The van der Waals surface area contributed by atoms with Crippen LogP contribution in [0.25, 0.3) is 0 Å². The summed E-state index contributed by atoms with van der Waals surface area (Å²) in [5, 5.41) is 10.2. The molecule has 1 aliphatic rings. The third-order valence-corrected chi connectivity index (χ3v) is 5.67. The smallest absolute Gasteiger partial charge is 0.280 e. The number of nitrogens with zero attached hydrogens (tertiary/aromatic N) is 3. The summed E-state index contributed by atoms with van der Waals surface area (Å²) >= 11 is 6.08. The molecule has 1 heterocycles. The number of rotatable bonds is 5. The minimum Gasteiger partial charge on any atom is -0.353 e. The van der Waals surface area contributed by atoms with Crippen molar-refractivity contribution in [1.82, 2.24) is 15.3 Å². The number of halogens is 3. The molecule has 4 rings (SSSR count). The minimum atomic E-state index is -1.11. The minimum absolute atomic E-state index is 0.0536. The van der Waals surface area contributed by atoms with Gasteiger partial charge in [-0.25, -0.2) is 18.7 Å². The van der Waals surface area contributed by atoms with Crippen molar-refractivity contribution in [3.8, 4) is 0 Å². The van der Waals surface area contributed by atoms with Crippen LogP contribution in [0.4, 0.5) is 20.4 Å². The number of anilines is 2. The zero-order chi connectivity index (χ0) is 23.9. The summed E-state index contributed by atoms with van der Waals surface area (Å²) in [5.74, 6) is -2.03. The molecule has 0 spiro atoms. The van der Waals surface area contributed by atoms with E-state index < -0.39 is 17.5 Å². The molecule has 0 atom stereocenters. The van der Waals surface area contributed by atoms with Gasteiger partial charge in [-0.3, -0.25) is 4.79 Å². The average molecular weight is 485 g/mol. The number of aliphatic imine (C=N–C) groups is 1. The molecule has 3 aromatic rings. The van der Waals surface area contributed by atoms with Gasteiger partial charge in [-0.1, -0.05) is 17.7 Å². The topological polar surface area (TPSA) is 91.3 Å². The normalized spacial score (nSPS) is 18.3. The molecule has 1 aliphatic carbocycles. The third kappa shape index (κ3) is 6.48. The number of nitrogens with one attached hydrogen (secondary N) is 3. The van der Waals surface area contributed by atoms with Crippen molar-refractivity contribution in [2.24, 2.45) is 4.99 Å². The van der Waals surface area contributed by atoms with Gasteiger partial charge in [0, 0.05) is 40.8 Å². The Morgan fingerprint density at radius 1 is 0.941 bits per heavy atom. The summed E-state index contributed by atoms with van der Waals surface area (Å²) in [6, 6.07) is 12.0. The van der Waals surface area contributed by atoms with Gasteiger partial charge in [-0.2, -0.15) is 4.99 Å². The number of hydrogen-bond donors (Lipinski definition) is 3. The lowest BCUT2D eigenvalue weighted by Gasteiger charge is -2.30. The molecular formula is C24H23ClF2N6O. The number of amides is 1. The van der Waals surface area contributed by atoms with Gasteiger partial charge in [0.2, 0.25) is 11.9 Å². The first-order chi connectivity index (χ1) is 16.5. The number of guanidine groups is 1. The fourth-order valence-electron chi connectivity index (χ4n) is 3.73. The van der Waals surface area contributed by atoms with Crippen LogP contribution in [0.1, 0.15) is 36.0 Å². The number of hydrogen-bond acceptors (Lipinski definition) is 4. The number of aromatic nitrogens is 2. The second-order valence-corrected chi connectivity index (χ2v) is 8.38. The Bertz CT molecular complexity index is 1170. The van der Waals surface area contributed by atoms with Gasteiger partial charge in [0.1, 0.15) is 0 Å². The fraction of sp³-hybridized carbons (Fsp3) is 0.250. The van der Waals surface area contributed by atoms with Crippen LogP contribution in [0.2, 0.25) is 5.02 Å². The molecule has 2 aromatic carbocycles. The Balaban J connectivity index is 1.45. The third-order valence-electron chi connectivity index (χ3n) is 5.43. The molecule has 0 bridgehead atoms. The maximum absolute atomic E-state index is 13.6. The van der Waals surface area contributed by atoms with Crippen LogP contribution in [0.15, 0.2) is 65.9 Å². The van der Waals surface area contributed by atoms with Crippen molar-refractivity contribution >= 4 is 35.1 Å². The lowest BCUT2D eigenvalue weighted by Crippen LogP contribution is -2.43. The van der Waals surface area contributed by atoms with Crippen LogP contribution < -0.4 is 16.0 Å². The van der Waals surface area contributed by atoms with Crippen LogP contribution >= 0.6 is 11.6 Å². The van der Waals surface area contributed by atoms with E-state index in [0.29, 0.717) is 16.7 Å². The van der Waals surface area contributed by atoms with Crippen molar-refractivity contribution in [3.63, 3.8) is 0 Å². The van der Waals surface area contributed by atoms with E-state index in [2.05, 4.69) is 30.9 Å². The van der Waals surface area contributed by atoms with Crippen LogP contribution in [-0.4, -0.2) is 33.9 Å². The molecule has 0 radical (unpaired) electrons. The van der Waals surface area contributed by atoms with Crippen molar-refractivity contribution in [2.75, 3.05) is 10.6 Å². The maximum Gasteiger partial charge on any atom is 0.280 e. The van der Waals surface area contributed by atoms with Gasteiger partial charge in [0.25, 0.3) is 5.91 Å². The maximum atomic E-state index is 13.6. The highest BCUT2D eigenvalue weighted by atomic mass is 35.5. The molecule has 1 saturated carbocycles. The molecule has 0 aliphatic heterocycles. The summed E-state index contributed by atoms with van der Waals surface area (Å²) in [6.45, 7) is 0. The lowest BCUT2D eigenvalue weighted by atomic mass is 9.91. The first-order valence-electron chi connectivity index (χ1n) is 10.9.